The molecule has 0 rings (SSSR count). The van der Waals surface area contributed by atoms with E-state index in [1.165, 1.54) is 0 Å². The van der Waals surface area contributed by atoms with Crippen molar-refractivity contribution in [2.75, 3.05) is 0 Å². The fourth-order valence-electron chi connectivity index (χ4n) is 0. The number of hydrogen-bond donors (Lipinski definition) is 1. The summed E-state index contributed by atoms with van der Waals surface area (Å²) in [5, 5.41) is 0. The molecule has 0 saturated heterocycles. The summed E-state index contributed by atoms with van der Waals surface area (Å²) in [7, 11) is 2.95. The van der Waals surface area contributed by atoms with Crippen molar-refractivity contribution in [1.82, 2.24) is 6.15 Å². The molecule has 3 N–H and O–H groups in total. The molecule has 1 nitrogen and oxygen atoms in total. The lowest BCUT2D eigenvalue weighted by Gasteiger charge is -1.28. The standard InChI is InChI=1S/C2H3Si.H3N/c1-2-3;/h2H,1H2;1H3. The highest BCUT2D eigenvalue weighted by Crippen LogP contribution is 1.24. The normalized spacial score (nSPS) is 3.25. The first-order valence-electron chi connectivity index (χ1n) is 0.697. The summed E-state index contributed by atoms with van der Waals surface area (Å²) in [6.07, 6.45) is 0. The summed E-state index contributed by atoms with van der Waals surface area (Å²) in [5.41, 5.74) is 1.56. The van der Waals surface area contributed by atoms with E-state index in [2.05, 4.69) is 16.8 Å². The Morgan fingerprint density at radius 2 is 1.75 bits per heavy atom. The lowest BCUT2D eigenvalue weighted by Crippen LogP contribution is -1.29. The van der Waals surface area contributed by atoms with Crippen molar-refractivity contribution < 1.29 is 0 Å². The van der Waals surface area contributed by atoms with Crippen LogP contribution in [0.25, 0.3) is 0 Å². The van der Waals surface area contributed by atoms with Crippen molar-refractivity contribution in [2.24, 2.45) is 0 Å². The smallest absolute Gasteiger partial charge is 0.0592 e. The molecular weight excluding hydrogens is 66.1 g/mol. The van der Waals surface area contributed by atoms with E-state index in [0.29, 0.717) is 0 Å². The maximum atomic E-state index is 3.27. The molecule has 3 radical (unpaired) electrons. The van der Waals surface area contributed by atoms with Crippen LogP contribution in [0.5, 0.6) is 0 Å². The van der Waals surface area contributed by atoms with E-state index < -0.39 is 0 Å². The van der Waals surface area contributed by atoms with Gasteiger partial charge in [0.15, 0.2) is 0 Å². The molecule has 0 spiro atoms. The quantitative estimate of drug-likeness (QED) is 0.414. The summed E-state index contributed by atoms with van der Waals surface area (Å²) >= 11 is 0. The molecule has 0 aliphatic carbocycles. The SMILES string of the molecule is C=C[Si].N. The molecule has 0 aliphatic heterocycles. The molecule has 0 heterocycles. The van der Waals surface area contributed by atoms with E-state index in [1.807, 2.05) is 0 Å². The number of hydrogen-bond acceptors (Lipinski definition) is 1. The van der Waals surface area contributed by atoms with Crippen molar-refractivity contribution in [2.45, 2.75) is 0 Å². The van der Waals surface area contributed by atoms with Crippen molar-refractivity contribution >= 4 is 10.2 Å². The van der Waals surface area contributed by atoms with Crippen molar-refractivity contribution in [1.29, 1.82) is 0 Å². The van der Waals surface area contributed by atoms with Gasteiger partial charge in [-0.3, -0.25) is 0 Å². The van der Waals surface area contributed by atoms with Crippen LogP contribution < -0.4 is 6.15 Å². The first-order chi connectivity index (χ1) is 1.41. The Hall–Kier alpha value is -0.0831. The minimum Gasteiger partial charge on any atom is -0.344 e. The maximum Gasteiger partial charge on any atom is 0.0592 e. The first kappa shape index (κ1) is 9.07. The molecule has 0 aromatic heterocycles. The Balaban J connectivity index is 0. The van der Waals surface area contributed by atoms with Gasteiger partial charge in [-0.05, 0) is 0 Å². The average molecular weight is 72.2 g/mol. The van der Waals surface area contributed by atoms with Gasteiger partial charge >= 0.3 is 0 Å². The van der Waals surface area contributed by atoms with Gasteiger partial charge in [0.05, 0.1) is 10.2 Å². The Kier molecular flexibility index (Phi) is 28.9. The molecule has 0 aromatic carbocycles. The van der Waals surface area contributed by atoms with Gasteiger partial charge in [-0.1, -0.05) is 0 Å². The predicted octanol–water partition coefficient (Wildman–Crippen LogP) is 0.460. The summed E-state index contributed by atoms with van der Waals surface area (Å²) < 4.78 is 0. The van der Waals surface area contributed by atoms with Crippen LogP contribution >= 0.6 is 0 Å². The lowest BCUT2D eigenvalue weighted by atomic mass is 11.3. The van der Waals surface area contributed by atoms with Crippen LogP contribution in [0.15, 0.2) is 12.3 Å². The summed E-state index contributed by atoms with van der Waals surface area (Å²) in [6.45, 7) is 3.27. The molecule has 23 valence electrons. The molecule has 4 heavy (non-hydrogen) atoms. The van der Waals surface area contributed by atoms with Gasteiger partial charge in [-0.25, -0.2) is 0 Å². The highest BCUT2D eigenvalue weighted by molar-refractivity contribution is 6.16. The molecule has 0 unspecified atom stereocenters. The van der Waals surface area contributed by atoms with Gasteiger partial charge in [0.1, 0.15) is 0 Å². The van der Waals surface area contributed by atoms with E-state index in [4.69, 9.17) is 0 Å². The molecule has 0 aliphatic rings. The second kappa shape index (κ2) is 12.7. The van der Waals surface area contributed by atoms with Crippen LogP contribution in [-0.4, -0.2) is 10.2 Å². The lowest BCUT2D eigenvalue weighted by molar-refractivity contribution is 2.13. The van der Waals surface area contributed by atoms with Crippen LogP contribution in [0.1, 0.15) is 0 Å². The summed E-state index contributed by atoms with van der Waals surface area (Å²) in [5.74, 6) is 0. The second-order valence-electron chi connectivity index (χ2n) is 0.204. The van der Waals surface area contributed by atoms with Gasteiger partial charge < -0.3 is 6.15 Å². The van der Waals surface area contributed by atoms with Gasteiger partial charge in [0.25, 0.3) is 0 Å². The summed E-state index contributed by atoms with van der Waals surface area (Å²) in [6, 6.07) is 0. The largest absolute Gasteiger partial charge is 0.344 e. The fraction of sp³-hybridized carbons (Fsp3) is 0. The monoisotopic (exact) mass is 72.0 g/mol. The van der Waals surface area contributed by atoms with Crippen LogP contribution in [0.3, 0.4) is 0 Å². The molecule has 0 atom stereocenters. The summed E-state index contributed by atoms with van der Waals surface area (Å²) in [4.78, 5) is 0. The van der Waals surface area contributed by atoms with E-state index in [1.54, 1.807) is 5.70 Å². The van der Waals surface area contributed by atoms with Crippen molar-refractivity contribution in [3.05, 3.63) is 12.3 Å². The topological polar surface area (TPSA) is 35.0 Å². The van der Waals surface area contributed by atoms with Gasteiger partial charge in [-0.2, -0.15) is 0 Å². The molecule has 0 bridgehead atoms. The molecule has 0 fully saturated rings. The maximum absolute atomic E-state index is 3.27. The van der Waals surface area contributed by atoms with Gasteiger partial charge in [0.2, 0.25) is 0 Å². The number of rotatable bonds is 0. The Bertz CT molecular complexity index is 13.5. The van der Waals surface area contributed by atoms with E-state index in [0.717, 1.165) is 0 Å². The zero-order valence-electron chi connectivity index (χ0n) is 2.49. The van der Waals surface area contributed by atoms with E-state index in [9.17, 15) is 0 Å². The van der Waals surface area contributed by atoms with Gasteiger partial charge in [-0.15, -0.1) is 12.3 Å². The van der Waals surface area contributed by atoms with Crippen molar-refractivity contribution in [3.63, 3.8) is 0 Å². The minimum absolute atomic E-state index is 0. The molecule has 0 amide bonds. The van der Waals surface area contributed by atoms with Gasteiger partial charge in [0, 0.05) is 0 Å². The Morgan fingerprint density at radius 1 is 1.75 bits per heavy atom. The third-order valence-electron chi connectivity index (χ3n) is 0. The second-order valence-corrected chi connectivity index (χ2v) is 0.612. The minimum atomic E-state index is 0. The zero-order chi connectivity index (χ0) is 2.71. The predicted molar refractivity (Wildman–Crippen MR) is 21.0 cm³/mol. The van der Waals surface area contributed by atoms with Crippen molar-refractivity contribution in [3.8, 4) is 0 Å². The third-order valence-corrected chi connectivity index (χ3v) is 0. The van der Waals surface area contributed by atoms with Crippen LogP contribution in [0.2, 0.25) is 0 Å². The Morgan fingerprint density at radius 3 is 1.75 bits per heavy atom. The van der Waals surface area contributed by atoms with E-state index >= 15 is 0 Å². The highest BCUT2D eigenvalue weighted by Gasteiger charge is 1.18. The first-order valence-corrected chi connectivity index (χ1v) is 1.27. The average Bonchev–Trinajstić information content (AvgIpc) is 0.918. The zero-order valence-corrected chi connectivity index (χ0v) is 3.49. The fourth-order valence-corrected chi connectivity index (χ4v) is 0. The molecule has 0 aromatic rings. The molecule has 0 saturated carbocycles. The molecule has 2 heteroatoms. The Labute approximate surface area is 29.7 Å². The third kappa shape index (κ3) is 233. The van der Waals surface area contributed by atoms with Crippen LogP contribution in [0, 0.1) is 0 Å². The molecular formula is C2H6NSi. The van der Waals surface area contributed by atoms with Crippen LogP contribution in [-0.2, 0) is 0 Å². The highest BCUT2D eigenvalue weighted by atomic mass is 28.1. The van der Waals surface area contributed by atoms with E-state index in [-0.39, 0.29) is 6.15 Å². The van der Waals surface area contributed by atoms with Crippen LogP contribution in [0.4, 0.5) is 0 Å².